The number of thioether (sulfide) groups is 1. The van der Waals surface area contributed by atoms with Crippen LogP contribution in [0.25, 0.3) is 25.6 Å². The van der Waals surface area contributed by atoms with Gasteiger partial charge in [0, 0.05) is 34.7 Å². The van der Waals surface area contributed by atoms with Crippen molar-refractivity contribution in [1.29, 1.82) is 0 Å². The second-order valence-corrected chi connectivity index (χ2v) is 10.2. The van der Waals surface area contributed by atoms with Crippen molar-refractivity contribution in [2.45, 2.75) is 17.8 Å². The van der Waals surface area contributed by atoms with Crippen molar-refractivity contribution in [2.75, 3.05) is 0 Å². The van der Waals surface area contributed by atoms with Crippen molar-refractivity contribution in [3.63, 3.8) is 0 Å². The smallest absolute Gasteiger partial charge is 0.275 e. The molecule has 0 aliphatic rings. The molecule has 11 heteroatoms. The van der Waals surface area contributed by atoms with Gasteiger partial charge in [-0.3, -0.25) is 14.2 Å². The summed E-state index contributed by atoms with van der Waals surface area (Å²) >= 11 is 5.85. The van der Waals surface area contributed by atoms with Crippen LogP contribution < -0.4 is 11.1 Å². The summed E-state index contributed by atoms with van der Waals surface area (Å²) in [4.78, 5) is 36.8. The minimum Gasteiger partial charge on any atom is -0.290 e. The standard InChI is InChI=1S/C18H13N5O2S4/c1-9-21-23-13(24)6-10(19-18(23)29-9)7-28-17-20-15-14(16(25)22(17)2)11(8-27-15)12-4-3-5-26-12/h3-6,8H,7H2,1-2H3. The van der Waals surface area contributed by atoms with E-state index in [1.807, 2.05) is 29.8 Å². The fourth-order valence-corrected chi connectivity index (χ4v) is 6.39. The van der Waals surface area contributed by atoms with Gasteiger partial charge in [-0.1, -0.05) is 29.2 Å². The molecule has 0 aromatic carbocycles. The highest BCUT2D eigenvalue weighted by Crippen LogP contribution is 2.34. The van der Waals surface area contributed by atoms with E-state index < -0.39 is 0 Å². The van der Waals surface area contributed by atoms with Crippen LogP contribution in [-0.2, 0) is 12.8 Å². The molecule has 7 nitrogen and oxygen atoms in total. The van der Waals surface area contributed by atoms with E-state index in [1.54, 1.807) is 23.0 Å². The number of hydrogen-bond donors (Lipinski definition) is 0. The molecule has 0 bridgehead atoms. The number of aromatic nitrogens is 5. The number of fused-ring (bicyclic) bond motifs is 2. The predicted octanol–water partition coefficient (Wildman–Crippen LogP) is 3.79. The third-order valence-corrected chi connectivity index (χ3v) is 7.97. The summed E-state index contributed by atoms with van der Waals surface area (Å²) in [5.41, 5.74) is 1.31. The molecule has 0 N–H and O–H groups in total. The van der Waals surface area contributed by atoms with E-state index in [1.165, 1.54) is 45.0 Å². The highest BCUT2D eigenvalue weighted by molar-refractivity contribution is 7.98. The average Bonchev–Trinajstić information content (AvgIpc) is 3.42. The van der Waals surface area contributed by atoms with Gasteiger partial charge < -0.3 is 0 Å². The van der Waals surface area contributed by atoms with Gasteiger partial charge in [0.1, 0.15) is 9.84 Å². The molecule has 146 valence electrons. The van der Waals surface area contributed by atoms with E-state index in [9.17, 15) is 9.59 Å². The first-order chi connectivity index (χ1) is 14.0. The Hall–Kier alpha value is -2.34. The molecule has 5 aromatic rings. The highest BCUT2D eigenvalue weighted by atomic mass is 32.2. The van der Waals surface area contributed by atoms with Gasteiger partial charge >= 0.3 is 0 Å². The molecular formula is C18H13N5O2S4. The highest BCUT2D eigenvalue weighted by Gasteiger charge is 2.17. The Morgan fingerprint density at radius 1 is 1.21 bits per heavy atom. The molecule has 29 heavy (non-hydrogen) atoms. The summed E-state index contributed by atoms with van der Waals surface area (Å²) in [5.74, 6) is 0.442. The molecule has 5 rings (SSSR count). The molecule has 0 amide bonds. The number of rotatable bonds is 4. The van der Waals surface area contributed by atoms with Gasteiger partial charge in [-0.15, -0.1) is 22.7 Å². The fourth-order valence-electron chi connectivity index (χ4n) is 2.96. The first-order valence-electron chi connectivity index (χ1n) is 8.52. The Balaban J connectivity index is 1.51. The lowest BCUT2D eigenvalue weighted by Gasteiger charge is -2.07. The maximum Gasteiger partial charge on any atom is 0.275 e. The lowest BCUT2D eigenvalue weighted by molar-refractivity contribution is 0.728. The summed E-state index contributed by atoms with van der Waals surface area (Å²) in [7, 11) is 1.73. The average molecular weight is 460 g/mol. The van der Waals surface area contributed by atoms with Gasteiger partial charge in [-0.05, 0) is 18.4 Å². The fraction of sp³-hybridized carbons (Fsp3) is 0.167. The van der Waals surface area contributed by atoms with Crippen LogP contribution in [0.5, 0.6) is 0 Å². The zero-order valence-electron chi connectivity index (χ0n) is 15.3. The summed E-state index contributed by atoms with van der Waals surface area (Å²) < 4.78 is 2.88. The summed E-state index contributed by atoms with van der Waals surface area (Å²) in [6.07, 6.45) is 0. The van der Waals surface area contributed by atoms with Crippen LogP contribution in [0.3, 0.4) is 0 Å². The summed E-state index contributed by atoms with van der Waals surface area (Å²) in [5, 5.41) is 10.2. The van der Waals surface area contributed by atoms with E-state index in [-0.39, 0.29) is 11.1 Å². The first-order valence-corrected chi connectivity index (χ1v) is 12.1. The normalized spacial score (nSPS) is 11.7. The second-order valence-electron chi connectivity index (χ2n) is 6.26. The predicted molar refractivity (Wildman–Crippen MR) is 120 cm³/mol. The Bertz CT molecular complexity index is 1480. The van der Waals surface area contributed by atoms with Crippen LogP contribution in [-0.4, -0.2) is 24.1 Å². The lowest BCUT2D eigenvalue weighted by Crippen LogP contribution is -2.20. The molecule has 0 aliphatic carbocycles. The van der Waals surface area contributed by atoms with Crippen LogP contribution in [0, 0.1) is 6.92 Å². The Labute approximate surface area is 180 Å². The van der Waals surface area contributed by atoms with Crippen LogP contribution in [0.4, 0.5) is 0 Å². The molecule has 0 atom stereocenters. The Morgan fingerprint density at radius 2 is 2.07 bits per heavy atom. The van der Waals surface area contributed by atoms with E-state index in [2.05, 4.69) is 10.1 Å². The second kappa shape index (κ2) is 7.17. The Morgan fingerprint density at radius 3 is 2.86 bits per heavy atom. The van der Waals surface area contributed by atoms with Crippen LogP contribution in [0.2, 0.25) is 0 Å². The van der Waals surface area contributed by atoms with Gasteiger partial charge in [0.25, 0.3) is 11.1 Å². The largest absolute Gasteiger partial charge is 0.290 e. The monoisotopic (exact) mass is 459 g/mol. The van der Waals surface area contributed by atoms with Crippen molar-refractivity contribution >= 4 is 60.9 Å². The van der Waals surface area contributed by atoms with E-state index in [4.69, 9.17) is 4.98 Å². The molecule has 0 radical (unpaired) electrons. The van der Waals surface area contributed by atoms with Gasteiger partial charge in [0.15, 0.2) is 5.16 Å². The van der Waals surface area contributed by atoms with Gasteiger partial charge in [0.05, 0.1) is 11.1 Å². The van der Waals surface area contributed by atoms with Crippen molar-refractivity contribution in [1.82, 2.24) is 24.1 Å². The Kier molecular flexibility index (Phi) is 4.62. The molecule has 0 saturated carbocycles. The molecule has 0 saturated heterocycles. The first kappa shape index (κ1) is 18.7. The molecule has 0 spiro atoms. The van der Waals surface area contributed by atoms with Crippen LogP contribution in [0.1, 0.15) is 10.7 Å². The van der Waals surface area contributed by atoms with Crippen molar-refractivity contribution < 1.29 is 0 Å². The van der Waals surface area contributed by atoms with Crippen molar-refractivity contribution in [2.24, 2.45) is 7.05 Å². The molecule has 0 unspecified atom stereocenters. The zero-order valence-corrected chi connectivity index (χ0v) is 18.5. The van der Waals surface area contributed by atoms with Crippen LogP contribution >= 0.6 is 45.8 Å². The van der Waals surface area contributed by atoms with Gasteiger partial charge in [-0.2, -0.15) is 9.61 Å². The van der Waals surface area contributed by atoms with E-state index in [0.717, 1.165) is 20.3 Å². The quantitative estimate of drug-likeness (QED) is 0.300. The molecule has 0 fully saturated rings. The number of hydrogen-bond acceptors (Lipinski definition) is 9. The molecule has 0 aliphatic heterocycles. The SMILES string of the molecule is Cc1nn2c(=O)cc(CSc3nc4scc(-c5cccs5)c4c(=O)n3C)nc2s1. The molecule has 5 heterocycles. The molecule has 5 aromatic heterocycles. The van der Waals surface area contributed by atoms with Gasteiger partial charge in [-0.25, -0.2) is 9.97 Å². The number of nitrogens with zero attached hydrogens (tertiary/aromatic N) is 5. The maximum absolute atomic E-state index is 13.0. The zero-order chi connectivity index (χ0) is 20.1. The summed E-state index contributed by atoms with van der Waals surface area (Å²) in [6, 6.07) is 5.47. The van der Waals surface area contributed by atoms with Crippen molar-refractivity contribution in [3.8, 4) is 10.4 Å². The minimum atomic E-state index is -0.203. The minimum absolute atomic E-state index is 0.0660. The van der Waals surface area contributed by atoms with Gasteiger partial charge in [0.2, 0.25) is 4.96 Å². The van der Waals surface area contributed by atoms with E-state index in [0.29, 0.717) is 27.0 Å². The third kappa shape index (κ3) is 3.23. The lowest BCUT2D eigenvalue weighted by atomic mass is 10.2. The molecular weight excluding hydrogens is 446 g/mol. The number of thiophene rings is 2. The number of aryl methyl sites for hydroxylation is 1. The van der Waals surface area contributed by atoms with Crippen molar-refractivity contribution in [3.05, 3.63) is 60.4 Å². The van der Waals surface area contributed by atoms with E-state index >= 15 is 0 Å². The third-order valence-electron chi connectivity index (χ3n) is 4.31. The summed E-state index contributed by atoms with van der Waals surface area (Å²) in [6.45, 7) is 1.84. The topological polar surface area (TPSA) is 82.2 Å². The maximum atomic E-state index is 13.0. The van der Waals surface area contributed by atoms with Crippen LogP contribution in [0.15, 0.2) is 43.7 Å².